The van der Waals surface area contributed by atoms with Crippen LogP contribution < -0.4 is 4.90 Å². The van der Waals surface area contributed by atoms with Crippen LogP contribution in [0, 0.1) is 0 Å². The highest BCUT2D eigenvalue weighted by Crippen LogP contribution is 2.25. The average Bonchev–Trinajstić information content (AvgIpc) is 2.93. The molecule has 0 spiro atoms. The molecule has 1 heterocycles. The van der Waals surface area contributed by atoms with E-state index in [0.29, 0.717) is 12.1 Å². The number of hydrogen-bond donors (Lipinski definition) is 0. The Hall–Kier alpha value is -2.40. The molecule has 0 fully saturated rings. The standard InChI is InChI=1S/C19H17BrN2O2/c1-2-22(16-6-4-3-5-7-16)19(24)12-21-11-14(13-23)17-10-15(20)8-9-18(17)21/h3-11,13H,2,12H2,1H3. The number of halogens is 1. The van der Waals surface area contributed by atoms with E-state index >= 15 is 0 Å². The fraction of sp³-hybridized carbons (Fsp3) is 0.158. The number of rotatable bonds is 5. The molecule has 1 aromatic heterocycles. The third-order valence-electron chi connectivity index (χ3n) is 3.99. The van der Waals surface area contributed by atoms with Gasteiger partial charge in [0.15, 0.2) is 6.29 Å². The van der Waals surface area contributed by atoms with Crippen molar-refractivity contribution in [1.82, 2.24) is 4.57 Å². The summed E-state index contributed by atoms with van der Waals surface area (Å²) in [6, 6.07) is 15.3. The van der Waals surface area contributed by atoms with E-state index in [1.165, 1.54) is 0 Å². The van der Waals surface area contributed by atoms with E-state index in [-0.39, 0.29) is 12.5 Å². The lowest BCUT2D eigenvalue weighted by Crippen LogP contribution is -2.33. The van der Waals surface area contributed by atoms with Crippen LogP contribution >= 0.6 is 15.9 Å². The van der Waals surface area contributed by atoms with Crippen LogP contribution in [0.15, 0.2) is 59.2 Å². The second-order valence-corrected chi connectivity index (χ2v) is 6.38. The third-order valence-corrected chi connectivity index (χ3v) is 4.48. The molecule has 24 heavy (non-hydrogen) atoms. The van der Waals surface area contributed by atoms with Crippen LogP contribution in [0.1, 0.15) is 17.3 Å². The maximum absolute atomic E-state index is 12.8. The van der Waals surface area contributed by atoms with Crippen LogP contribution in [-0.2, 0) is 11.3 Å². The van der Waals surface area contributed by atoms with Crippen molar-refractivity contribution in [2.24, 2.45) is 0 Å². The minimum atomic E-state index is -0.0130. The molecule has 1 amide bonds. The zero-order valence-corrected chi connectivity index (χ0v) is 14.9. The van der Waals surface area contributed by atoms with Gasteiger partial charge in [-0.25, -0.2) is 0 Å². The van der Waals surface area contributed by atoms with Crippen molar-refractivity contribution in [2.75, 3.05) is 11.4 Å². The number of fused-ring (bicyclic) bond motifs is 1. The molecule has 0 aliphatic carbocycles. The molecule has 122 valence electrons. The Morgan fingerprint density at radius 1 is 1.21 bits per heavy atom. The van der Waals surface area contributed by atoms with Crippen LogP contribution in [0.2, 0.25) is 0 Å². The smallest absolute Gasteiger partial charge is 0.246 e. The lowest BCUT2D eigenvalue weighted by molar-refractivity contribution is -0.119. The first kappa shape index (κ1) is 16.5. The number of hydrogen-bond acceptors (Lipinski definition) is 2. The lowest BCUT2D eigenvalue weighted by atomic mass is 10.2. The second kappa shape index (κ2) is 7.01. The number of anilines is 1. The molecular formula is C19H17BrN2O2. The number of benzene rings is 2. The van der Waals surface area contributed by atoms with E-state index in [1.54, 1.807) is 11.1 Å². The zero-order valence-electron chi connectivity index (χ0n) is 13.3. The maximum Gasteiger partial charge on any atom is 0.246 e. The van der Waals surface area contributed by atoms with Crippen molar-refractivity contribution >= 4 is 44.7 Å². The van der Waals surface area contributed by atoms with E-state index in [2.05, 4.69) is 15.9 Å². The lowest BCUT2D eigenvalue weighted by Gasteiger charge is -2.21. The SMILES string of the molecule is CCN(C(=O)Cn1cc(C=O)c2cc(Br)ccc21)c1ccccc1. The average molecular weight is 385 g/mol. The van der Waals surface area contributed by atoms with Crippen molar-refractivity contribution in [3.8, 4) is 0 Å². The molecule has 2 aromatic carbocycles. The summed E-state index contributed by atoms with van der Waals surface area (Å²) in [7, 11) is 0. The molecule has 5 heteroatoms. The van der Waals surface area contributed by atoms with Crippen molar-refractivity contribution in [1.29, 1.82) is 0 Å². The number of likely N-dealkylation sites (N-methyl/N-ethyl adjacent to an activating group) is 1. The second-order valence-electron chi connectivity index (χ2n) is 5.47. The van der Waals surface area contributed by atoms with Crippen LogP contribution in [-0.4, -0.2) is 23.3 Å². The summed E-state index contributed by atoms with van der Waals surface area (Å²) in [5.41, 5.74) is 2.33. The predicted octanol–water partition coefficient (Wildman–Crippen LogP) is 4.27. The Labute approximate surface area is 148 Å². The summed E-state index contributed by atoms with van der Waals surface area (Å²) in [5.74, 6) is -0.0130. The Morgan fingerprint density at radius 2 is 1.96 bits per heavy atom. The fourth-order valence-electron chi connectivity index (χ4n) is 2.86. The van der Waals surface area contributed by atoms with Crippen LogP contribution in [0.5, 0.6) is 0 Å². The Bertz CT molecular complexity index is 887. The number of amides is 1. The van der Waals surface area contributed by atoms with Gasteiger partial charge in [0.1, 0.15) is 6.54 Å². The van der Waals surface area contributed by atoms with Crippen molar-refractivity contribution in [3.05, 3.63) is 64.8 Å². The fourth-order valence-corrected chi connectivity index (χ4v) is 3.22. The summed E-state index contributed by atoms with van der Waals surface area (Å²) in [4.78, 5) is 25.8. The van der Waals surface area contributed by atoms with Gasteiger partial charge in [-0.3, -0.25) is 9.59 Å². The molecule has 0 unspecified atom stereocenters. The summed E-state index contributed by atoms with van der Waals surface area (Å²) in [6.07, 6.45) is 2.56. The van der Waals surface area contributed by atoms with Gasteiger partial charge in [0.05, 0.1) is 0 Å². The maximum atomic E-state index is 12.8. The van der Waals surface area contributed by atoms with Gasteiger partial charge in [-0.1, -0.05) is 34.1 Å². The predicted molar refractivity (Wildman–Crippen MR) is 99.5 cm³/mol. The van der Waals surface area contributed by atoms with Gasteiger partial charge >= 0.3 is 0 Å². The molecule has 0 radical (unpaired) electrons. The molecule has 0 saturated carbocycles. The molecule has 0 bridgehead atoms. The number of aromatic nitrogens is 1. The number of nitrogens with zero attached hydrogens (tertiary/aromatic N) is 2. The first-order valence-electron chi connectivity index (χ1n) is 7.73. The van der Waals surface area contributed by atoms with E-state index in [0.717, 1.165) is 27.3 Å². The molecule has 4 nitrogen and oxygen atoms in total. The van der Waals surface area contributed by atoms with E-state index in [4.69, 9.17) is 0 Å². The van der Waals surface area contributed by atoms with Crippen LogP contribution in [0.4, 0.5) is 5.69 Å². The quantitative estimate of drug-likeness (QED) is 0.616. The van der Waals surface area contributed by atoms with E-state index in [9.17, 15) is 9.59 Å². The highest BCUT2D eigenvalue weighted by atomic mass is 79.9. The first-order chi connectivity index (χ1) is 11.6. The number of aldehydes is 1. The minimum Gasteiger partial charge on any atom is -0.337 e. The van der Waals surface area contributed by atoms with Crippen LogP contribution in [0.25, 0.3) is 10.9 Å². The van der Waals surface area contributed by atoms with E-state index < -0.39 is 0 Å². The van der Waals surface area contributed by atoms with Gasteiger partial charge in [0.2, 0.25) is 5.91 Å². The largest absolute Gasteiger partial charge is 0.337 e. The molecule has 0 aliphatic rings. The van der Waals surface area contributed by atoms with Gasteiger partial charge in [-0.15, -0.1) is 0 Å². The number of carbonyl (C=O) groups excluding carboxylic acids is 2. The highest BCUT2D eigenvalue weighted by molar-refractivity contribution is 9.10. The Balaban J connectivity index is 1.94. The monoisotopic (exact) mass is 384 g/mol. The first-order valence-corrected chi connectivity index (χ1v) is 8.52. The van der Waals surface area contributed by atoms with Gasteiger partial charge < -0.3 is 9.47 Å². The summed E-state index contributed by atoms with van der Waals surface area (Å²) >= 11 is 3.42. The van der Waals surface area contributed by atoms with Gasteiger partial charge in [-0.05, 0) is 37.3 Å². The van der Waals surface area contributed by atoms with Crippen molar-refractivity contribution < 1.29 is 9.59 Å². The highest BCUT2D eigenvalue weighted by Gasteiger charge is 2.16. The zero-order chi connectivity index (χ0) is 17.1. The van der Waals surface area contributed by atoms with Crippen molar-refractivity contribution in [2.45, 2.75) is 13.5 Å². The molecule has 0 saturated heterocycles. The number of carbonyl (C=O) groups is 2. The van der Waals surface area contributed by atoms with Crippen LogP contribution in [0.3, 0.4) is 0 Å². The van der Waals surface area contributed by atoms with Gasteiger partial charge in [-0.2, -0.15) is 0 Å². The van der Waals surface area contributed by atoms with E-state index in [1.807, 2.05) is 60.0 Å². The summed E-state index contributed by atoms with van der Waals surface area (Å²) in [5, 5.41) is 0.843. The molecule has 3 rings (SSSR count). The normalized spacial score (nSPS) is 10.8. The molecule has 0 aliphatic heterocycles. The molecule has 3 aromatic rings. The Kier molecular flexibility index (Phi) is 4.81. The Morgan fingerprint density at radius 3 is 2.62 bits per heavy atom. The van der Waals surface area contributed by atoms with Gasteiger partial charge in [0.25, 0.3) is 0 Å². The summed E-state index contributed by atoms with van der Waals surface area (Å²) < 4.78 is 2.74. The van der Waals surface area contributed by atoms with Crippen molar-refractivity contribution in [3.63, 3.8) is 0 Å². The molecular weight excluding hydrogens is 368 g/mol. The molecule has 0 atom stereocenters. The molecule has 0 N–H and O–H groups in total. The topological polar surface area (TPSA) is 42.3 Å². The minimum absolute atomic E-state index is 0.0130. The number of para-hydroxylation sites is 1. The summed E-state index contributed by atoms with van der Waals surface area (Å²) in [6.45, 7) is 2.73. The van der Waals surface area contributed by atoms with Gasteiger partial charge in [0, 0.05) is 39.4 Å². The third kappa shape index (κ3) is 3.12.